The molecule has 1 aliphatic rings. The molecule has 6 nitrogen and oxygen atoms in total. The molecule has 0 aromatic carbocycles. The molecular formula is C12H20N4O2S. The molecule has 0 saturated carbocycles. The monoisotopic (exact) mass is 284 g/mol. The molecule has 1 saturated heterocycles. The molecular weight excluding hydrogens is 264 g/mol. The van der Waals surface area contributed by atoms with E-state index in [0.717, 1.165) is 30.2 Å². The highest BCUT2D eigenvalue weighted by Gasteiger charge is 2.24. The normalized spacial score (nSPS) is 18.5. The summed E-state index contributed by atoms with van der Waals surface area (Å²) in [6.07, 6.45) is 2.86. The summed E-state index contributed by atoms with van der Waals surface area (Å²) in [6, 6.07) is 2.18. The fraction of sp³-hybridized carbons (Fsp3) is 0.667. The van der Waals surface area contributed by atoms with Gasteiger partial charge in [-0.2, -0.15) is 0 Å². The van der Waals surface area contributed by atoms with Gasteiger partial charge in [0.25, 0.3) is 0 Å². The maximum absolute atomic E-state index is 11.4. The molecule has 0 bridgehead atoms. The third-order valence-corrected chi connectivity index (χ3v) is 4.54. The molecule has 0 atom stereocenters. The van der Waals surface area contributed by atoms with Crippen molar-refractivity contribution in [2.75, 3.05) is 24.7 Å². The molecule has 0 radical (unpaired) electrons. The number of piperidine rings is 1. The summed E-state index contributed by atoms with van der Waals surface area (Å²) < 4.78 is 24.4. The zero-order valence-corrected chi connectivity index (χ0v) is 12.4. The van der Waals surface area contributed by atoms with Gasteiger partial charge in [-0.15, -0.1) is 0 Å². The van der Waals surface area contributed by atoms with Crippen LogP contribution in [-0.2, 0) is 10.0 Å². The minimum Gasteiger partial charge on any atom is -0.367 e. The van der Waals surface area contributed by atoms with Crippen LogP contribution in [0.25, 0.3) is 0 Å². The molecule has 0 aliphatic carbocycles. The quantitative estimate of drug-likeness (QED) is 0.893. The Kier molecular flexibility index (Phi) is 4.05. The highest BCUT2D eigenvalue weighted by Crippen LogP contribution is 2.17. The fourth-order valence-electron chi connectivity index (χ4n) is 2.33. The second kappa shape index (κ2) is 5.42. The smallest absolute Gasteiger partial charge is 0.211 e. The molecule has 2 heterocycles. The molecule has 1 N–H and O–H groups in total. The Bertz CT molecular complexity index is 531. The van der Waals surface area contributed by atoms with E-state index in [1.54, 1.807) is 0 Å². The predicted molar refractivity (Wildman–Crippen MR) is 74.6 cm³/mol. The molecule has 2 rings (SSSR count). The van der Waals surface area contributed by atoms with Crippen LogP contribution in [0.3, 0.4) is 0 Å². The molecule has 0 spiro atoms. The largest absolute Gasteiger partial charge is 0.367 e. The van der Waals surface area contributed by atoms with E-state index in [4.69, 9.17) is 0 Å². The highest BCUT2D eigenvalue weighted by molar-refractivity contribution is 7.88. The van der Waals surface area contributed by atoms with Gasteiger partial charge in [0.15, 0.2) is 0 Å². The first kappa shape index (κ1) is 14.2. The Morgan fingerprint density at radius 2 is 1.89 bits per heavy atom. The summed E-state index contributed by atoms with van der Waals surface area (Å²) in [5.74, 6) is 1.57. The minimum absolute atomic E-state index is 0.270. The summed E-state index contributed by atoms with van der Waals surface area (Å²) in [5, 5.41) is 3.36. The summed E-state index contributed by atoms with van der Waals surface area (Å²) >= 11 is 0. The van der Waals surface area contributed by atoms with Gasteiger partial charge < -0.3 is 5.32 Å². The van der Waals surface area contributed by atoms with E-state index in [1.807, 2.05) is 19.9 Å². The first-order chi connectivity index (χ1) is 8.84. The zero-order chi connectivity index (χ0) is 14.0. The lowest BCUT2D eigenvalue weighted by Gasteiger charge is -2.30. The number of sulfonamides is 1. The Labute approximate surface area is 114 Å². The topological polar surface area (TPSA) is 75.2 Å². The van der Waals surface area contributed by atoms with Crippen LogP contribution in [-0.4, -0.2) is 48.1 Å². The van der Waals surface area contributed by atoms with Gasteiger partial charge in [-0.1, -0.05) is 0 Å². The minimum atomic E-state index is -3.06. The molecule has 1 fully saturated rings. The van der Waals surface area contributed by atoms with Crippen LogP contribution in [0, 0.1) is 13.8 Å². The van der Waals surface area contributed by atoms with Gasteiger partial charge >= 0.3 is 0 Å². The molecule has 0 unspecified atom stereocenters. The van der Waals surface area contributed by atoms with Gasteiger partial charge in [-0.25, -0.2) is 22.7 Å². The van der Waals surface area contributed by atoms with Crippen LogP contribution >= 0.6 is 0 Å². The second-order valence-corrected chi connectivity index (χ2v) is 7.00. The number of nitrogens with zero attached hydrogens (tertiary/aromatic N) is 3. The van der Waals surface area contributed by atoms with E-state index < -0.39 is 10.0 Å². The van der Waals surface area contributed by atoms with E-state index in [2.05, 4.69) is 15.3 Å². The standard InChI is InChI=1S/C12H20N4O2S/c1-9-8-12(14-10(2)13-9)15-11-4-6-16(7-5-11)19(3,17)18/h8,11H,4-7H2,1-3H3,(H,13,14,15). The second-order valence-electron chi connectivity index (χ2n) is 5.02. The van der Waals surface area contributed by atoms with Crippen molar-refractivity contribution in [1.29, 1.82) is 0 Å². The van der Waals surface area contributed by atoms with E-state index in [9.17, 15) is 8.42 Å². The lowest BCUT2D eigenvalue weighted by Crippen LogP contribution is -2.41. The van der Waals surface area contributed by atoms with E-state index in [-0.39, 0.29) is 6.04 Å². The van der Waals surface area contributed by atoms with E-state index in [0.29, 0.717) is 13.1 Å². The highest BCUT2D eigenvalue weighted by atomic mass is 32.2. The van der Waals surface area contributed by atoms with Crippen molar-refractivity contribution in [2.45, 2.75) is 32.7 Å². The van der Waals surface area contributed by atoms with Crippen molar-refractivity contribution in [3.8, 4) is 0 Å². The first-order valence-electron chi connectivity index (χ1n) is 6.38. The molecule has 0 amide bonds. The third-order valence-electron chi connectivity index (χ3n) is 3.24. The van der Waals surface area contributed by atoms with Crippen molar-refractivity contribution in [2.24, 2.45) is 0 Å². The summed E-state index contributed by atoms with van der Waals surface area (Å²) in [5.41, 5.74) is 0.934. The fourth-order valence-corrected chi connectivity index (χ4v) is 3.21. The summed E-state index contributed by atoms with van der Waals surface area (Å²) in [6.45, 7) is 4.94. The van der Waals surface area contributed by atoms with Crippen molar-refractivity contribution < 1.29 is 8.42 Å². The maximum Gasteiger partial charge on any atom is 0.211 e. The van der Waals surface area contributed by atoms with E-state index >= 15 is 0 Å². The molecule has 1 aliphatic heterocycles. The van der Waals surface area contributed by atoms with Crippen LogP contribution in [0.4, 0.5) is 5.82 Å². The van der Waals surface area contributed by atoms with Crippen molar-refractivity contribution >= 4 is 15.8 Å². The predicted octanol–water partition coefficient (Wildman–Crippen LogP) is 0.929. The van der Waals surface area contributed by atoms with Crippen LogP contribution < -0.4 is 5.32 Å². The third kappa shape index (κ3) is 3.87. The summed E-state index contributed by atoms with van der Waals surface area (Å²) in [4.78, 5) is 8.57. The summed E-state index contributed by atoms with van der Waals surface area (Å²) in [7, 11) is -3.06. The maximum atomic E-state index is 11.4. The van der Waals surface area contributed by atoms with Crippen LogP contribution in [0.5, 0.6) is 0 Å². The zero-order valence-electron chi connectivity index (χ0n) is 11.5. The van der Waals surface area contributed by atoms with Gasteiger partial charge in [0.2, 0.25) is 10.0 Å². The SMILES string of the molecule is Cc1cc(NC2CCN(S(C)(=O)=O)CC2)nc(C)n1. The molecule has 1 aromatic heterocycles. The Morgan fingerprint density at radius 1 is 1.26 bits per heavy atom. The van der Waals surface area contributed by atoms with Gasteiger partial charge in [0.1, 0.15) is 11.6 Å². The van der Waals surface area contributed by atoms with Gasteiger partial charge in [0.05, 0.1) is 6.26 Å². The Hall–Kier alpha value is -1.21. The van der Waals surface area contributed by atoms with Crippen LogP contribution in [0.2, 0.25) is 0 Å². The average Bonchev–Trinajstić information content (AvgIpc) is 2.26. The number of aromatic nitrogens is 2. The number of rotatable bonds is 3. The first-order valence-corrected chi connectivity index (χ1v) is 8.23. The van der Waals surface area contributed by atoms with Crippen molar-refractivity contribution in [3.05, 3.63) is 17.6 Å². The van der Waals surface area contributed by atoms with Crippen LogP contribution in [0.1, 0.15) is 24.4 Å². The van der Waals surface area contributed by atoms with Crippen molar-refractivity contribution in [1.82, 2.24) is 14.3 Å². The Morgan fingerprint density at radius 3 is 2.42 bits per heavy atom. The van der Waals surface area contributed by atoms with Crippen molar-refractivity contribution in [3.63, 3.8) is 0 Å². The van der Waals surface area contributed by atoms with Gasteiger partial charge in [-0.3, -0.25) is 0 Å². The average molecular weight is 284 g/mol. The molecule has 1 aromatic rings. The number of hydrogen-bond donors (Lipinski definition) is 1. The number of aryl methyl sites for hydroxylation is 2. The molecule has 106 valence electrons. The molecule has 7 heteroatoms. The molecule has 19 heavy (non-hydrogen) atoms. The van der Waals surface area contributed by atoms with Gasteiger partial charge in [-0.05, 0) is 26.7 Å². The number of hydrogen-bond acceptors (Lipinski definition) is 5. The van der Waals surface area contributed by atoms with Crippen LogP contribution in [0.15, 0.2) is 6.07 Å². The lowest BCUT2D eigenvalue weighted by atomic mass is 10.1. The number of anilines is 1. The Balaban J connectivity index is 1.96. The number of nitrogens with one attached hydrogen (secondary N) is 1. The van der Waals surface area contributed by atoms with Gasteiger partial charge in [0, 0.05) is 30.9 Å². The lowest BCUT2D eigenvalue weighted by molar-refractivity contribution is 0.331. The van der Waals surface area contributed by atoms with E-state index in [1.165, 1.54) is 10.6 Å².